The van der Waals surface area contributed by atoms with E-state index < -0.39 is 34.3 Å². The average Bonchev–Trinajstić information content (AvgIpc) is 2.84. The van der Waals surface area contributed by atoms with Gasteiger partial charge in [-0.2, -0.15) is 0 Å². The highest BCUT2D eigenvalue weighted by atomic mass is 35.5. The number of hydrogen-bond acceptors (Lipinski definition) is 4. The minimum atomic E-state index is -3.82. The Balaban J connectivity index is 1.89. The third-order valence-electron chi connectivity index (χ3n) is 6.40. The van der Waals surface area contributed by atoms with Crippen molar-refractivity contribution >= 4 is 39.1 Å². The van der Waals surface area contributed by atoms with Crippen molar-refractivity contribution in [3.05, 3.63) is 64.9 Å². The van der Waals surface area contributed by atoms with E-state index in [-0.39, 0.29) is 24.2 Å². The van der Waals surface area contributed by atoms with Crippen molar-refractivity contribution in [3.63, 3.8) is 0 Å². The van der Waals surface area contributed by atoms with E-state index in [1.54, 1.807) is 24.3 Å². The Labute approximate surface area is 217 Å². The lowest BCUT2D eigenvalue weighted by atomic mass is 9.95. The highest BCUT2D eigenvalue weighted by molar-refractivity contribution is 7.92. The lowest BCUT2D eigenvalue weighted by molar-refractivity contribution is -0.140. The molecule has 10 heteroatoms. The predicted octanol–water partition coefficient (Wildman–Crippen LogP) is 4.50. The smallest absolute Gasteiger partial charge is 0.244 e. The standard InChI is InChI=1S/C26H33ClFN3O4S/c1-3-24(26(33)29-22-7-5-4-6-8-22)30(17-19-9-13-21(28)14-10-19)25(32)18-31(36(2,34)35)23-15-11-20(27)12-16-23/h9-16,22,24H,3-8,17-18H2,1-2H3,(H,29,33). The summed E-state index contributed by atoms with van der Waals surface area (Å²) in [6.07, 6.45) is 6.39. The number of halogens is 2. The van der Waals surface area contributed by atoms with E-state index in [0.29, 0.717) is 17.0 Å². The summed E-state index contributed by atoms with van der Waals surface area (Å²) in [6.45, 7) is 1.35. The molecule has 2 amide bonds. The van der Waals surface area contributed by atoms with E-state index in [0.717, 1.165) is 42.7 Å². The van der Waals surface area contributed by atoms with Crippen molar-refractivity contribution in [2.75, 3.05) is 17.1 Å². The molecule has 0 bridgehead atoms. The van der Waals surface area contributed by atoms with E-state index in [9.17, 15) is 22.4 Å². The van der Waals surface area contributed by atoms with Gasteiger partial charge in [0.15, 0.2) is 0 Å². The molecule has 1 atom stereocenters. The van der Waals surface area contributed by atoms with Gasteiger partial charge in [-0.25, -0.2) is 12.8 Å². The summed E-state index contributed by atoms with van der Waals surface area (Å²) in [5, 5.41) is 3.51. The fourth-order valence-electron chi connectivity index (χ4n) is 4.47. The van der Waals surface area contributed by atoms with Crippen LogP contribution >= 0.6 is 11.6 Å². The number of carbonyl (C=O) groups excluding carboxylic acids is 2. The summed E-state index contributed by atoms with van der Waals surface area (Å²) in [6, 6.07) is 11.1. The number of benzene rings is 2. The van der Waals surface area contributed by atoms with E-state index in [1.807, 2.05) is 6.92 Å². The zero-order valence-electron chi connectivity index (χ0n) is 20.6. The van der Waals surface area contributed by atoms with Crippen LogP contribution in [0.25, 0.3) is 0 Å². The number of nitrogens with zero attached hydrogens (tertiary/aromatic N) is 2. The Kier molecular flexibility index (Phi) is 9.73. The van der Waals surface area contributed by atoms with Crippen LogP contribution in [-0.4, -0.2) is 50.0 Å². The van der Waals surface area contributed by atoms with Gasteiger partial charge in [0, 0.05) is 17.6 Å². The summed E-state index contributed by atoms with van der Waals surface area (Å²) in [7, 11) is -3.82. The van der Waals surface area contributed by atoms with Gasteiger partial charge in [0.2, 0.25) is 21.8 Å². The van der Waals surface area contributed by atoms with Crippen molar-refractivity contribution in [1.82, 2.24) is 10.2 Å². The molecule has 3 rings (SSSR count). The highest BCUT2D eigenvalue weighted by Gasteiger charge is 2.32. The largest absolute Gasteiger partial charge is 0.352 e. The lowest BCUT2D eigenvalue weighted by Gasteiger charge is -2.34. The third-order valence-corrected chi connectivity index (χ3v) is 7.79. The van der Waals surface area contributed by atoms with Gasteiger partial charge in [0.05, 0.1) is 11.9 Å². The minimum absolute atomic E-state index is 0.0356. The molecule has 1 aliphatic carbocycles. The fourth-order valence-corrected chi connectivity index (χ4v) is 5.45. The molecule has 1 saturated carbocycles. The van der Waals surface area contributed by atoms with Crippen LogP contribution in [0.15, 0.2) is 48.5 Å². The van der Waals surface area contributed by atoms with Crippen molar-refractivity contribution in [2.45, 2.75) is 64.1 Å². The summed E-state index contributed by atoms with van der Waals surface area (Å²) in [5.74, 6) is -1.22. The minimum Gasteiger partial charge on any atom is -0.352 e. The van der Waals surface area contributed by atoms with Gasteiger partial charge in [-0.3, -0.25) is 13.9 Å². The monoisotopic (exact) mass is 537 g/mol. The summed E-state index contributed by atoms with van der Waals surface area (Å²) in [4.78, 5) is 28.3. The van der Waals surface area contributed by atoms with Crippen molar-refractivity contribution < 1.29 is 22.4 Å². The Morgan fingerprint density at radius 3 is 2.22 bits per heavy atom. The molecular weight excluding hydrogens is 505 g/mol. The van der Waals surface area contributed by atoms with Gasteiger partial charge in [-0.1, -0.05) is 49.9 Å². The van der Waals surface area contributed by atoms with Gasteiger partial charge in [0.25, 0.3) is 0 Å². The van der Waals surface area contributed by atoms with E-state index in [1.165, 1.54) is 29.2 Å². The van der Waals surface area contributed by atoms with Crippen LogP contribution in [0.1, 0.15) is 51.0 Å². The SMILES string of the molecule is CCC(C(=O)NC1CCCCC1)N(Cc1ccc(F)cc1)C(=O)CN(c1ccc(Cl)cc1)S(C)(=O)=O. The van der Waals surface area contributed by atoms with Crippen LogP contribution in [0, 0.1) is 5.82 Å². The quantitative estimate of drug-likeness (QED) is 0.483. The molecule has 196 valence electrons. The number of sulfonamides is 1. The van der Waals surface area contributed by atoms with E-state index in [4.69, 9.17) is 11.6 Å². The van der Waals surface area contributed by atoms with Gasteiger partial charge < -0.3 is 10.2 Å². The van der Waals surface area contributed by atoms with Gasteiger partial charge >= 0.3 is 0 Å². The number of nitrogens with one attached hydrogen (secondary N) is 1. The van der Waals surface area contributed by atoms with Crippen LogP contribution in [0.5, 0.6) is 0 Å². The Bertz CT molecular complexity index is 1140. The van der Waals surface area contributed by atoms with E-state index in [2.05, 4.69) is 5.32 Å². The molecule has 0 heterocycles. The molecule has 1 aliphatic rings. The molecular formula is C26H33ClFN3O4S. The maximum Gasteiger partial charge on any atom is 0.244 e. The van der Waals surface area contributed by atoms with Crippen LogP contribution in [0.4, 0.5) is 10.1 Å². The number of carbonyl (C=O) groups is 2. The maximum absolute atomic E-state index is 13.6. The molecule has 0 saturated heterocycles. The first-order chi connectivity index (χ1) is 17.1. The number of rotatable bonds is 10. The second kappa shape index (κ2) is 12.5. The molecule has 0 aliphatic heterocycles. The van der Waals surface area contributed by atoms with Crippen molar-refractivity contribution in [3.8, 4) is 0 Å². The zero-order chi connectivity index (χ0) is 26.3. The van der Waals surface area contributed by atoms with Gasteiger partial charge in [-0.05, 0) is 61.2 Å². The predicted molar refractivity (Wildman–Crippen MR) is 140 cm³/mol. The van der Waals surface area contributed by atoms with Crippen LogP contribution in [-0.2, 0) is 26.2 Å². The Morgan fingerprint density at radius 2 is 1.67 bits per heavy atom. The van der Waals surface area contributed by atoms with E-state index >= 15 is 0 Å². The van der Waals surface area contributed by atoms with Crippen molar-refractivity contribution in [1.29, 1.82) is 0 Å². The number of anilines is 1. The Morgan fingerprint density at radius 1 is 1.06 bits per heavy atom. The third kappa shape index (κ3) is 7.67. The topological polar surface area (TPSA) is 86.8 Å². The molecule has 0 spiro atoms. The first-order valence-electron chi connectivity index (χ1n) is 12.2. The zero-order valence-corrected chi connectivity index (χ0v) is 22.2. The first-order valence-corrected chi connectivity index (χ1v) is 14.4. The molecule has 2 aromatic rings. The number of hydrogen-bond donors (Lipinski definition) is 1. The second-order valence-corrected chi connectivity index (χ2v) is 11.5. The molecule has 0 radical (unpaired) electrons. The summed E-state index contributed by atoms with van der Waals surface area (Å²) in [5.41, 5.74) is 0.919. The summed E-state index contributed by atoms with van der Waals surface area (Å²) >= 11 is 5.95. The Hall–Kier alpha value is -2.65. The number of amides is 2. The molecule has 1 N–H and O–H groups in total. The lowest BCUT2D eigenvalue weighted by Crippen LogP contribution is -2.53. The molecule has 7 nitrogen and oxygen atoms in total. The molecule has 1 unspecified atom stereocenters. The van der Waals surface area contributed by atoms with Gasteiger partial charge in [0.1, 0.15) is 18.4 Å². The van der Waals surface area contributed by atoms with Crippen LogP contribution in [0.2, 0.25) is 5.02 Å². The molecule has 0 aromatic heterocycles. The fraction of sp³-hybridized carbons (Fsp3) is 0.462. The van der Waals surface area contributed by atoms with Crippen LogP contribution < -0.4 is 9.62 Å². The summed E-state index contributed by atoms with van der Waals surface area (Å²) < 4.78 is 39.7. The molecule has 1 fully saturated rings. The molecule has 2 aromatic carbocycles. The maximum atomic E-state index is 13.6. The first kappa shape index (κ1) is 27.9. The van der Waals surface area contributed by atoms with Crippen molar-refractivity contribution in [2.24, 2.45) is 0 Å². The molecule has 36 heavy (non-hydrogen) atoms. The van der Waals surface area contributed by atoms with Gasteiger partial charge in [-0.15, -0.1) is 0 Å². The normalized spacial score (nSPS) is 15.2. The average molecular weight is 538 g/mol. The van der Waals surface area contributed by atoms with Crippen LogP contribution in [0.3, 0.4) is 0 Å². The second-order valence-electron chi connectivity index (χ2n) is 9.16. The highest BCUT2D eigenvalue weighted by Crippen LogP contribution is 2.23.